The molecule has 1 aromatic carbocycles. The molecule has 0 radical (unpaired) electrons. The number of hydrogen-bond donors (Lipinski definition) is 0. The van der Waals surface area contributed by atoms with E-state index in [0.717, 1.165) is 24.7 Å². The van der Waals surface area contributed by atoms with Crippen LogP contribution in [0, 0.1) is 0 Å². The second-order valence-corrected chi connectivity index (χ2v) is 8.09. The van der Waals surface area contributed by atoms with Crippen LogP contribution >= 0.6 is 0 Å². The summed E-state index contributed by atoms with van der Waals surface area (Å²) >= 11 is 0. The summed E-state index contributed by atoms with van der Waals surface area (Å²) in [5.41, 5.74) is 1.36. The highest BCUT2D eigenvalue weighted by atomic mass is 28.4. The van der Waals surface area contributed by atoms with Gasteiger partial charge in [-0.1, -0.05) is 42.5 Å². The van der Waals surface area contributed by atoms with Crippen LogP contribution in [0.25, 0.3) is 0 Å². The normalized spacial score (nSPS) is 11.1. The van der Waals surface area contributed by atoms with Crippen LogP contribution < -0.4 is 0 Å². The van der Waals surface area contributed by atoms with Crippen LogP contribution in [0.5, 0.6) is 0 Å². The zero-order chi connectivity index (χ0) is 12.6. The zero-order valence-corrected chi connectivity index (χ0v) is 11.7. The van der Waals surface area contributed by atoms with Gasteiger partial charge in [-0.15, -0.1) is 13.2 Å². The van der Waals surface area contributed by atoms with Gasteiger partial charge in [-0.25, -0.2) is 0 Å². The fraction of sp³-hybridized carbons (Fsp3) is 0.333. The summed E-state index contributed by atoms with van der Waals surface area (Å²) in [5, 5.41) is 0. The average Bonchev–Trinajstić information content (AvgIpc) is 2.31. The van der Waals surface area contributed by atoms with Gasteiger partial charge < -0.3 is 4.43 Å². The van der Waals surface area contributed by atoms with Gasteiger partial charge in [-0.3, -0.25) is 0 Å². The van der Waals surface area contributed by atoms with Crippen molar-refractivity contribution < 1.29 is 4.43 Å². The molecular formula is C15H22OSi. The Balaban J connectivity index is 2.87. The second-order valence-electron chi connectivity index (χ2n) is 4.26. The number of allylic oxidation sites excluding steroid dienone is 2. The van der Waals surface area contributed by atoms with Crippen LogP contribution in [0.1, 0.15) is 12.5 Å². The predicted molar refractivity (Wildman–Crippen MR) is 77.5 cm³/mol. The molecule has 92 valence electrons. The van der Waals surface area contributed by atoms with E-state index in [2.05, 4.69) is 50.4 Å². The first-order chi connectivity index (χ1) is 8.26. The first-order valence-corrected chi connectivity index (χ1v) is 8.69. The lowest BCUT2D eigenvalue weighted by Gasteiger charge is -2.29. The molecular weight excluding hydrogens is 224 g/mol. The van der Waals surface area contributed by atoms with Gasteiger partial charge >= 0.3 is 0 Å². The third-order valence-corrected chi connectivity index (χ3v) is 6.87. The quantitative estimate of drug-likeness (QED) is 0.495. The third-order valence-electron chi connectivity index (χ3n) is 2.85. The lowest BCUT2D eigenvalue weighted by Crippen LogP contribution is -2.40. The molecule has 0 heterocycles. The summed E-state index contributed by atoms with van der Waals surface area (Å²) in [5.74, 6) is 0. The molecule has 0 saturated carbocycles. The van der Waals surface area contributed by atoms with Crippen LogP contribution in [-0.2, 0) is 10.5 Å². The standard InChI is InChI=1S/C15H22OSi/c1-4-12-17(13-5-2,16-6-3)14-15-10-8-7-9-11-15/h4-5,7-11H,1-2,6,12-14H2,3H3. The van der Waals surface area contributed by atoms with Gasteiger partial charge in [0.2, 0.25) is 8.32 Å². The summed E-state index contributed by atoms with van der Waals surface area (Å²) < 4.78 is 6.11. The Morgan fingerprint density at radius 1 is 1.12 bits per heavy atom. The van der Waals surface area contributed by atoms with E-state index in [1.54, 1.807) is 0 Å². The minimum absolute atomic E-state index is 0.779. The van der Waals surface area contributed by atoms with Crippen molar-refractivity contribution in [3.63, 3.8) is 0 Å². The maximum Gasteiger partial charge on any atom is 0.204 e. The van der Waals surface area contributed by atoms with Crippen LogP contribution in [-0.4, -0.2) is 14.9 Å². The number of hydrogen-bond acceptors (Lipinski definition) is 1. The molecule has 0 atom stereocenters. The summed E-state index contributed by atoms with van der Waals surface area (Å²) in [6, 6.07) is 13.6. The summed E-state index contributed by atoms with van der Waals surface area (Å²) in [6.45, 7) is 10.6. The molecule has 0 aliphatic carbocycles. The first-order valence-electron chi connectivity index (χ1n) is 6.16. The van der Waals surface area contributed by atoms with Crippen molar-refractivity contribution in [1.82, 2.24) is 0 Å². The summed E-state index contributed by atoms with van der Waals surface area (Å²) in [7, 11) is -1.77. The molecule has 0 fully saturated rings. The number of rotatable bonds is 8. The maximum absolute atomic E-state index is 6.11. The molecule has 1 nitrogen and oxygen atoms in total. The van der Waals surface area contributed by atoms with Crippen molar-refractivity contribution in [2.24, 2.45) is 0 Å². The maximum atomic E-state index is 6.11. The molecule has 0 aliphatic heterocycles. The molecule has 0 aliphatic rings. The third kappa shape index (κ3) is 4.33. The predicted octanol–water partition coefficient (Wildman–Crippen LogP) is 4.12. The van der Waals surface area contributed by atoms with Crippen LogP contribution in [0.3, 0.4) is 0 Å². The summed E-state index contributed by atoms with van der Waals surface area (Å²) in [6.07, 6.45) is 3.99. The van der Waals surface area contributed by atoms with Gasteiger partial charge in [0.1, 0.15) is 0 Å². The number of benzene rings is 1. The van der Waals surface area contributed by atoms with E-state index in [9.17, 15) is 0 Å². The lowest BCUT2D eigenvalue weighted by molar-refractivity contribution is 0.322. The van der Waals surface area contributed by atoms with Crippen LogP contribution in [0.15, 0.2) is 55.6 Å². The molecule has 0 spiro atoms. The first kappa shape index (κ1) is 13.9. The van der Waals surface area contributed by atoms with Gasteiger partial charge in [0.15, 0.2) is 0 Å². The van der Waals surface area contributed by atoms with E-state index in [-0.39, 0.29) is 0 Å². The highest BCUT2D eigenvalue weighted by molar-refractivity contribution is 6.74. The van der Waals surface area contributed by atoms with Crippen molar-refractivity contribution in [2.75, 3.05) is 6.61 Å². The van der Waals surface area contributed by atoms with E-state index < -0.39 is 8.32 Å². The molecule has 2 heteroatoms. The minimum atomic E-state index is -1.77. The second kappa shape index (κ2) is 7.25. The van der Waals surface area contributed by atoms with Gasteiger partial charge in [0.25, 0.3) is 0 Å². The summed E-state index contributed by atoms with van der Waals surface area (Å²) in [4.78, 5) is 0. The Labute approximate surface area is 106 Å². The topological polar surface area (TPSA) is 9.23 Å². The van der Waals surface area contributed by atoms with E-state index in [1.165, 1.54) is 5.56 Å². The highest BCUT2D eigenvalue weighted by Crippen LogP contribution is 2.23. The molecule has 0 aromatic heterocycles. The Kier molecular flexibility index (Phi) is 5.95. The van der Waals surface area contributed by atoms with Gasteiger partial charge in [-0.2, -0.15) is 0 Å². The smallest absolute Gasteiger partial charge is 0.204 e. The van der Waals surface area contributed by atoms with Gasteiger partial charge in [0.05, 0.1) is 0 Å². The Hall–Kier alpha value is -1.12. The molecule has 1 aromatic rings. The lowest BCUT2D eigenvalue weighted by atomic mass is 10.2. The minimum Gasteiger partial charge on any atom is -0.416 e. The van der Waals surface area contributed by atoms with Crippen molar-refractivity contribution >= 4 is 8.32 Å². The molecule has 0 saturated heterocycles. The molecule has 17 heavy (non-hydrogen) atoms. The van der Waals surface area contributed by atoms with Crippen molar-refractivity contribution in [1.29, 1.82) is 0 Å². The average molecular weight is 246 g/mol. The monoisotopic (exact) mass is 246 g/mol. The molecule has 1 rings (SSSR count). The van der Waals surface area contributed by atoms with E-state index in [1.807, 2.05) is 12.2 Å². The van der Waals surface area contributed by atoms with Gasteiger partial charge in [0, 0.05) is 6.61 Å². The molecule has 0 amide bonds. The highest BCUT2D eigenvalue weighted by Gasteiger charge is 2.32. The van der Waals surface area contributed by atoms with E-state index in [4.69, 9.17) is 4.43 Å². The molecule has 0 bridgehead atoms. The molecule has 0 N–H and O–H groups in total. The van der Waals surface area contributed by atoms with Gasteiger partial charge in [-0.05, 0) is 30.6 Å². The van der Waals surface area contributed by atoms with Crippen LogP contribution in [0.4, 0.5) is 0 Å². The Morgan fingerprint density at radius 2 is 1.71 bits per heavy atom. The van der Waals surface area contributed by atoms with Crippen molar-refractivity contribution in [3.05, 3.63) is 61.2 Å². The fourth-order valence-corrected chi connectivity index (χ4v) is 5.63. The van der Waals surface area contributed by atoms with Crippen molar-refractivity contribution in [3.8, 4) is 0 Å². The Bertz CT molecular complexity index is 335. The van der Waals surface area contributed by atoms with E-state index >= 15 is 0 Å². The fourth-order valence-electron chi connectivity index (χ4n) is 2.20. The van der Waals surface area contributed by atoms with Crippen molar-refractivity contribution in [2.45, 2.75) is 25.1 Å². The Morgan fingerprint density at radius 3 is 2.18 bits per heavy atom. The van der Waals surface area contributed by atoms with Crippen LogP contribution in [0.2, 0.25) is 12.1 Å². The van der Waals surface area contributed by atoms with E-state index in [0.29, 0.717) is 0 Å². The SMILES string of the molecule is C=CC[Si](CC=C)(Cc1ccccc1)OCC. The zero-order valence-electron chi connectivity index (χ0n) is 10.7. The molecule has 0 unspecified atom stereocenters. The largest absolute Gasteiger partial charge is 0.416 e.